The van der Waals surface area contributed by atoms with Crippen molar-refractivity contribution in [2.24, 2.45) is 5.92 Å². The molecule has 0 heterocycles. The molecule has 0 aliphatic heterocycles. The number of hydrogen-bond donors (Lipinski definition) is 0. The number of hydrogen-bond acceptors (Lipinski definition) is 3. The smallest absolute Gasteiger partial charge is 0.435 e. The molecule has 0 fully saturated rings. The van der Waals surface area contributed by atoms with Crippen LogP contribution in [0.1, 0.15) is 47.0 Å². The average molecular weight is 228 g/mol. The Hall–Kier alpha value is -0.990. The van der Waals surface area contributed by atoms with Crippen LogP contribution in [0.15, 0.2) is 11.6 Å². The number of allylic oxidation sites excluding steroid dienone is 2. The monoisotopic (exact) mass is 228 g/mol. The highest BCUT2D eigenvalue weighted by Crippen LogP contribution is 2.11. The molecule has 0 aromatic rings. The third-order valence-corrected chi connectivity index (χ3v) is 2.30. The summed E-state index contributed by atoms with van der Waals surface area (Å²) in [6, 6.07) is 0. The summed E-state index contributed by atoms with van der Waals surface area (Å²) in [6.45, 7) is 8.98. The van der Waals surface area contributed by atoms with E-state index in [0.717, 1.165) is 19.3 Å². The number of ether oxygens (including phenoxy) is 2. The molecule has 0 aliphatic carbocycles. The first kappa shape index (κ1) is 15.0. The first-order chi connectivity index (χ1) is 7.56. The second-order valence-corrected chi connectivity index (χ2v) is 4.28. The summed E-state index contributed by atoms with van der Waals surface area (Å²) in [5.74, 6) is 0.574. The lowest BCUT2D eigenvalue weighted by molar-refractivity contribution is 0.0554. The van der Waals surface area contributed by atoms with Crippen molar-refractivity contribution in [3.63, 3.8) is 0 Å². The van der Waals surface area contributed by atoms with Crippen molar-refractivity contribution < 1.29 is 14.3 Å². The molecule has 1 atom stereocenters. The SMILES string of the molecule is CCOC(=O)OCCC(C)CCC=C(C)C. The number of carbonyl (C=O) groups is 1. The van der Waals surface area contributed by atoms with Gasteiger partial charge in [-0.25, -0.2) is 4.79 Å². The molecule has 0 spiro atoms. The lowest BCUT2D eigenvalue weighted by Gasteiger charge is -2.10. The maximum atomic E-state index is 10.9. The summed E-state index contributed by atoms with van der Waals surface area (Å²) in [6.07, 6.45) is 4.82. The van der Waals surface area contributed by atoms with Crippen molar-refractivity contribution in [3.8, 4) is 0 Å². The van der Waals surface area contributed by atoms with E-state index < -0.39 is 6.16 Å². The highest BCUT2D eigenvalue weighted by Gasteiger charge is 2.05. The molecule has 0 aliphatic rings. The zero-order chi connectivity index (χ0) is 12.4. The van der Waals surface area contributed by atoms with Crippen molar-refractivity contribution in [2.75, 3.05) is 13.2 Å². The normalized spacial score (nSPS) is 11.8. The summed E-state index contributed by atoms with van der Waals surface area (Å²) >= 11 is 0. The molecule has 0 rings (SSSR count). The summed E-state index contributed by atoms with van der Waals surface area (Å²) < 4.78 is 9.57. The summed E-state index contributed by atoms with van der Waals surface area (Å²) in [4.78, 5) is 10.9. The van der Waals surface area contributed by atoms with Crippen molar-refractivity contribution in [1.82, 2.24) is 0 Å². The van der Waals surface area contributed by atoms with E-state index in [1.165, 1.54) is 5.57 Å². The largest absolute Gasteiger partial charge is 0.508 e. The van der Waals surface area contributed by atoms with Gasteiger partial charge in [-0.3, -0.25) is 0 Å². The Balaban J connectivity index is 3.47. The van der Waals surface area contributed by atoms with Gasteiger partial charge in [-0.2, -0.15) is 0 Å². The standard InChI is InChI=1S/C13H24O3/c1-5-15-13(14)16-10-9-12(4)8-6-7-11(2)3/h7,12H,5-6,8-10H2,1-4H3. The third kappa shape index (κ3) is 9.56. The minimum atomic E-state index is -0.556. The Labute approximate surface area is 98.8 Å². The molecule has 16 heavy (non-hydrogen) atoms. The maximum Gasteiger partial charge on any atom is 0.508 e. The van der Waals surface area contributed by atoms with Gasteiger partial charge in [0.15, 0.2) is 0 Å². The fourth-order valence-electron chi connectivity index (χ4n) is 1.30. The van der Waals surface area contributed by atoms with Crippen LogP contribution in [0, 0.1) is 5.92 Å². The Morgan fingerprint density at radius 1 is 1.25 bits per heavy atom. The van der Waals surface area contributed by atoms with E-state index in [4.69, 9.17) is 4.74 Å². The molecular weight excluding hydrogens is 204 g/mol. The zero-order valence-electron chi connectivity index (χ0n) is 10.9. The van der Waals surface area contributed by atoms with Crippen LogP contribution in [-0.2, 0) is 9.47 Å². The molecule has 94 valence electrons. The molecule has 0 saturated carbocycles. The van der Waals surface area contributed by atoms with Crippen molar-refractivity contribution >= 4 is 6.16 Å². The van der Waals surface area contributed by atoms with E-state index in [0.29, 0.717) is 19.1 Å². The topological polar surface area (TPSA) is 35.5 Å². The fraction of sp³-hybridized carbons (Fsp3) is 0.769. The average Bonchev–Trinajstić information content (AvgIpc) is 2.17. The molecule has 0 saturated heterocycles. The van der Waals surface area contributed by atoms with Gasteiger partial charge in [0.1, 0.15) is 0 Å². The molecule has 0 N–H and O–H groups in total. The van der Waals surface area contributed by atoms with Gasteiger partial charge in [-0.1, -0.05) is 18.6 Å². The van der Waals surface area contributed by atoms with E-state index in [-0.39, 0.29) is 0 Å². The molecule has 0 aromatic carbocycles. The van der Waals surface area contributed by atoms with Crippen LogP contribution < -0.4 is 0 Å². The zero-order valence-corrected chi connectivity index (χ0v) is 10.9. The molecule has 0 amide bonds. The van der Waals surface area contributed by atoms with Gasteiger partial charge in [0.2, 0.25) is 0 Å². The Bertz CT molecular complexity index is 217. The lowest BCUT2D eigenvalue weighted by atomic mass is 10.0. The van der Waals surface area contributed by atoms with Crippen molar-refractivity contribution in [1.29, 1.82) is 0 Å². The van der Waals surface area contributed by atoms with Crippen LogP contribution >= 0.6 is 0 Å². The van der Waals surface area contributed by atoms with Crippen LogP contribution in [0.2, 0.25) is 0 Å². The molecule has 0 radical (unpaired) electrons. The Kier molecular flexibility index (Phi) is 8.68. The van der Waals surface area contributed by atoms with E-state index in [2.05, 4.69) is 31.6 Å². The van der Waals surface area contributed by atoms with Crippen LogP contribution in [0.4, 0.5) is 4.79 Å². The van der Waals surface area contributed by atoms with E-state index in [9.17, 15) is 4.79 Å². The van der Waals surface area contributed by atoms with Crippen LogP contribution in [0.5, 0.6) is 0 Å². The molecule has 0 aromatic heterocycles. The van der Waals surface area contributed by atoms with E-state index in [1.54, 1.807) is 6.92 Å². The van der Waals surface area contributed by atoms with Crippen LogP contribution in [0.3, 0.4) is 0 Å². The van der Waals surface area contributed by atoms with Gasteiger partial charge in [-0.15, -0.1) is 0 Å². The van der Waals surface area contributed by atoms with Gasteiger partial charge >= 0.3 is 6.16 Å². The second kappa shape index (κ2) is 9.25. The first-order valence-corrected chi connectivity index (χ1v) is 5.99. The fourth-order valence-corrected chi connectivity index (χ4v) is 1.30. The van der Waals surface area contributed by atoms with Gasteiger partial charge in [0.05, 0.1) is 13.2 Å². The number of rotatable bonds is 7. The van der Waals surface area contributed by atoms with E-state index in [1.807, 2.05) is 0 Å². The Morgan fingerprint density at radius 3 is 2.50 bits per heavy atom. The van der Waals surface area contributed by atoms with Gasteiger partial charge in [-0.05, 0) is 46.0 Å². The Morgan fingerprint density at radius 2 is 1.94 bits per heavy atom. The molecule has 0 bridgehead atoms. The number of carbonyl (C=O) groups excluding carboxylic acids is 1. The predicted molar refractivity (Wildman–Crippen MR) is 65.4 cm³/mol. The summed E-state index contributed by atoms with van der Waals surface area (Å²) in [5, 5.41) is 0. The maximum absolute atomic E-state index is 10.9. The van der Waals surface area contributed by atoms with Gasteiger partial charge < -0.3 is 9.47 Å². The lowest BCUT2D eigenvalue weighted by Crippen LogP contribution is -2.10. The predicted octanol–water partition coefficient (Wildman–Crippen LogP) is 3.93. The highest BCUT2D eigenvalue weighted by molar-refractivity contribution is 5.59. The minimum absolute atomic E-state index is 0.370. The van der Waals surface area contributed by atoms with Crippen LogP contribution in [-0.4, -0.2) is 19.4 Å². The van der Waals surface area contributed by atoms with Crippen LogP contribution in [0.25, 0.3) is 0 Å². The van der Waals surface area contributed by atoms with Crippen molar-refractivity contribution in [3.05, 3.63) is 11.6 Å². The second-order valence-electron chi connectivity index (χ2n) is 4.28. The highest BCUT2D eigenvalue weighted by atomic mass is 16.7. The minimum Gasteiger partial charge on any atom is -0.435 e. The van der Waals surface area contributed by atoms with Crippen molar-refractivity contribution in [2.45, 2.75) is 47.0 Å². The molecular formula is C13H24O3. The third-order valence-electron chi connectivity index (χ3n) is 2.30. The molecule has 1 unspecified atom stereocenters. The molecule has 3 nitrogen and oxygen atoms in total. The summed E-state index contributed by atoms with van der Waals surface area (Å²) in [5.41, 5.74) is 1.36. The van der Waals surface area contributed by atoms with Gasteiger partial charge in [0.25, 0.3) is 0 Å². The van der Waals surface area contributed by atoms with Gasteiger partial charge in [0, 0.05) is 0 Å². The molecule has 3 heteroatoms. The quantitative estimate of drug-likeness (QED) is 0.489. The summed E-state index contributed by atoms with van der Waals surface area (Å²) in [7, 11) is 0. The van der Waals surface area contributed by atoms with E-state index >= 15 is 0 Å². The first-order valence-electron chi connectivity index (χ1n) is 5.99.